The van der Waals surface area contributed by atoms with Gasteiger partial charge in [-0.15, -0.1) is 0 Å². The van der Waals surface area contributed by atoms with Crippen LogP contribution in [0.15, 0.2) is 17.1 Å². The van der Waals surface area contributed by atoms with Crippen LogP contribution in [0.4, 0.5) is 4.79 Å². The molecule has 0 aromatic carbocycles. The van der Waals surface area contributed by atoms with Crippen molar-refractivity contribution in [3.63, 3.8) is 0 Å². The van der Waals surface area contributed by atoms with Gasteiger partial charge in [0, 0.05) is 0 Å². The zero-order valence-electron chi connectivity index (χ0n) is 8.23. The molecule has 1 N–H and O–H groups in total. The normalized spacial score (nSPS) is 11.4. The number of amides is 1. The third kappa shape index (κ3) is 2.25. The molecule has 6 heteroatoms. The van der Waals surface area contributed by atoms with Gasteiger partial charge >= 0.3 is 6.09 Å². The van der Waals surface area contributed by atoms with Crippen molar-refractivity contribution in [2.75, 3.05) is 5.01 Å². The van der Waals surface area contributed by atoms with Gasteiger partial charge in [-0.05, 0) is 36.7 Å². The van der Waals surface area contributed by atoms with Crippen molar-refractivity contribution < 1.29 is 9.90 Å². The summed E-state index contributed by atoms with van der Waals surface area (Å²) in [7, 11) is 0. The highest BCUT2D eigenvalue weighted by molar-refractivity contribution is 9.10. The van der Waals surface area contributed by atoms with Crippen LogP contribution in [-0.4, -0.2) is 26.4 Å². The van der Waals surface area contributed by atoms with Crippen molar-refractivity contribution >= 4 is 22.0 Å². The SMILES string of the molecule is CC(C)(C)N(C(=O)O)n1cnc(Br)c1. The van der Waals surface area contributed by atoms with Gasteiger partial charge in [0.1, 0.15) is 10.9 Å². The second-order valence-electron chi connectivity index (χ2n) is 3.84. The van der Waals surface area contributed by atoms with Gasteiger partial charge in [-0.1, -0.05) is 0 Å². The van der Waals surface area contributed by atoms with Gasteiger partial charge in [-0.25, -0.2) is 19.5 Å². The summed E-state index contributed by atoms with van der Waals surface area (Å²) in [5.41, 5.74) is -0.508. The molecular formula is C8H12BrN3O2. The van der Waals surface area contributed by atoms with Crippen LogP contribution in [0.25, 0.3) is 0 Å². The molecule has 1 aromatic heterocycles. The van der Waals surface area contributed by atoms with Crippen molar-refractivity contribution in [2.45, 2.75) is 26.3 Å². The lowest BCUT2D eigenvalue weighted by Crippen LogP contribution is -2.51. The van der Waals surface area contributed by atoms with E-state index in [1.54, 1.807) is 6.20 Å². The molecule has 1 heterocycles. The second-order valence-corrected chi connectivity index (χ2v) is 4.65. The molecule has 0 spiro atoms. The van der Waals surface area contributed by atoms with E-state index < -0.39 is 11.6 Å². The molecule has 1 amide bonds. The number of nitrogens with zero attached hydrogens (tertiary/aromatic N) is 3. The first-order chi connectivity index (χ1) is 6.32. The largest absolute Gasteiger partial charge is 0.464 e. The molecule has 0 saturated heterocycles. The van der Waals surface area contributed by atoms with E-state index in [-0.39, 0.29) is 0 Å². The van der Waals surface area contributed by atoms with Crippen LogP contribution in [0.2, 0.25) is 0 Å². The van der Waals surface area contributed by atoms with Crippen LogP contribution in [0, 0.1) is 0 Å². The summed E-state index contributed by atoms with van der Waals surface area (Å²) >= 11 is 3.16. The first-order valence-corrected chi connectivity index (χ1v) is 4.84. The predicted molar refractivity (Wildman–Crippen MR) is 55.9 cm³/mol. The van der Waals surface area contributed by atoms with E-state index in [1.807, 2.05) is 20.8 Å². The molecule has 1 rings (SSSR count). The van der Waals surface area contributed by atoms with Gasteiger partial charge in [0.05, 0.1) is 11.7 Å². The summed E-state index contributed by atoms with van der Waals surface area (Å²) in [5, 5.41) is 10.2. The Balaban J connectivity index is 3.07. The fraction of sp³-hybridized carbons (Fsp3) is 0.500. The summed E-state index contributed by atoms with van der Waals surface area (Å²) in [6, 6.07) is 0. The van der Waals surface area contributed by atoms with E-state index in [9.17, 15) is 4.79 Å². The second kappa shape index (κ2) is 3.61. The van der Waals surface area contributed by atoms with E-state index in [4.69, 9.17) is 5.11 Å². The maximum Gasteiger partial charge on any atom is 0.427 e. The molecule has 14 heavy (non-hydrogen) atoms. The van der Waals surface area contributed by atoms with Crippen LogP contribution in [0.5, 0.6) is 0 Å². The Bertz CT molecular complexity index is 343. The number of hydrogen-bond donors (Lipinski definition) is 1. The van der Waals surface area contributed by atoms with Crippen LogP contribution >= 0.6 is 15.9 Å². The number of aromatic nitrogens is 2. The number of imidazole rings is 1. The fourth-order valence-electron chi connectivity index (χ4n) is 1.13. The van der Waals surface area contributed by atoms with Crippen LogP contribution < -0.4 is 5.01 Å². The first kappa shape index (κ1) is 11.0. The summed E-state index contributed by atoms with van der Waals surface area (Å²) in [6.45, 7) is 5.44. The summed E-state index contributed by atoms with van der Waals surface area (Å²) in [5.74, 6) is 0. The Hall–Kier alpha value is -1.04. The van der Waals surface area contributed by atoms with Crippen LogP contribution in [0.3, 0.4) is 0 Å². The zero-order chi connectivity index (χ0) is 10.9. The molecule has 0 radical (unpaired) electrons. The zero-order valence-corrected chi connectivity index (χ0v) is 9.82. The smallest absolute Gasteiger partial charge is 0.427 e. The van der Waals surface area contributed by atoms with E-state index in [2.05, 4.69) is 20.9 Å². The summed E-state index contributed by atoms with van der Waals surface area (Å²) in [4.78, 5) is 14.9. The van der Waals surface area contributed by atoms with Crippen molar-refractivity contribution in [3.8, 4) is 0 Å². The molecule has 0 fully saturated rings. The maximum atomic E-state index is 11.0. The molecule has 0 aliphatic heterocycles. The topological polar surface area (TPSA) is 58.4 Å². The lowest BCUT2D eigenvalue weighted by Gasteiger charge is -2.32. The molecule has 0 aliphatic rings. The number of halogens is 1. The van der Waals surface area contributed by atoms with Gasteiger partial charge in [-0.3, -0.25) is 0 Å². The fourth-order valence-corrected chi connectivity index (χ4v) is 1.43. The Morgan fingerprint density at radius 2 is 2.21 bits per heavy atom. The molecule has 0 unspecified atom stereocenters. The molecule has 5 nitrogen and oxygen atoms in total. The summed E-state index contributed by atoms with van der Waals surface area (Å²) in [6.07, 6.45) is 2.03. The third-order valence-corrected chi connectivity index (χ3v) is 2.00. The highest BCUT2D eigenvalue weighted by atomic mass is 79.9. The van der Waals surface area contributed by atoms with E-state index in [0.29, 0.717) is 4.60 Å². The first-order valence-electron chi connectivity index (χ1n) is 4.05. The Kier molecular flexibility index (Phi) is 2.84. The standard InChI is InChI=1S/C8H12BrN3O2/c1-8(2,3)12(7(13)14)11-4-6(9)10-5-11/h4-5H,1-3H3,(H,13,14). The molecule has 0 saturated carbocycles. The highest BCUT2D eigenvalue weighted by Gasteiger charge is 2.27. The number of hydrogen-bond acceptors (Lipinski definition) is 2. The van der Waals surface area contributed by atoms with Gasteiger partial charge in [0.15, 0.2) is 0 Å². The Labute approximate surface area is 90.4 Å². The van der Waals surface area contributed by atoms with E-state index >= 15 is 0 Å². The average molecular weight is 262 g/mol. The van der Waals surface area contributed by atoms with Gasteiger partial charge in [0.2, 0.25) is 0 Å². The lowest BCUT2D eigenvalue weighted by atomic mass is 10.1. The van der Waals surface area contributed by atoms with E-state index in [1.165, 1.54) is 16.0 Å². The van der Waals surface area contributed by atoms with Gasteiger partial charge < -0.3 is 5.11 Å². The third-order valence-electron chi connectivity index (χ3n) is 1.59. The number of carbonyl (C=O) groups is 1. The monoisotopic (exact) mass is 261 g/mol. The quantitative estimate of drug-likeness (QED) is 0.842. The van der Waals surface area contributed by atoms with Crippen molar-refractivity contribution in [1.29, 1.82) is 0 Å². The van der Waals surface area contributed by atoms with Crippen molar-refractivity contribution in [2.24, 2.45) is 0 Å². The van der Waals surface area contributed by atoms with Crippen LogP contribution in [-0.2, 0) is 0 Å². The number of carboxylic acid groups (broad SMARTS) is 1. The predicted octanol–water partition coefficient (Wildman–Crippen LogP) is 2.06. The minimum absolute atomic E-state index is 0.508. The van der Waals surface area contributed by atoms with E-state index in [0.717, 1.165) is 0 Å². The van der Waals surface area contributed by atoms with Gasteiger partial charge in [-0.2, -0.15) is 0 Å². The molecule has 1 aromatic rings. The number of rotatable bonds is 1. The van der Waals surface area contributed by atoms with Gasteiger partial charge in [0.25, 0.3) is 0 Å². The minimum atomic E-state index is -1.01. The highest BCUT2D eigenvalue weighted by Crippen LogP contribution is 2.14. The molecule has 0 aliphatic carbocycles. The lowest BCUT2D eigenvalue weighted by molar-refractivity contribution is 0.184. The Morgan fingerprint density at radius 3 is 2.50 bits per heavy atom. The molecule has 0 bridgehead atoms. The minimum Gasteiger partial charge on any atom is -0.464 e. The molecule has 78 valence electrons. The molecule has 0 atom stereocenters. The average Bonchev–Trinajstić information content (AvgIpc) is 2.31. The van der Waals surface area contributed by atoms with Crippen LogP contribution in [0.1, 0.15) is 20.8 Å². The summed E-state index contributed by atoms with van der Waals surface area (Å²) < 4.78 is 2.04. The Morgan fingerprint density at radius 1 is 1.64 bits per heavy atom. The maximum absolute atomic E-state index is 11.0. The van der Waals surface area contributed by atoms with Crippen molar-refractivity contribution in [3.05, 3.63) is 17.1 Å². The molecular weight excluding hydrogens is 250 g/mol. The van der Waals surface area contributed by atoms with Crippen molar-refractivity contribution in [1.82, 2.24) is 9.66 Å².